The molecule has 2 aromatic rings. The van der Waals surface area contributed by atoms with Crippen molar-refractivity contribution in [2.75, 3.05) is 0 Å². The maximum atomic E-state index is 12.8. The first-order valence-corrected chi connectivity index (χ1v) is 10.2. The largest absolute Gasteiger partial charge is 0.371 e. The highest BCUT2D eigenvalue weighted by Crippen LogP contribution is 2.24. The van der Waals surface area contributed by atoms with Gasteiger partial charge >= 0.3 is 0 Å². The quantitative estimate of drug-likeness (QED) is 0.718. The fraction of sp³-hybridized carbons (Fsp3) is 0.455. The van der Waals surface area contributed by atoms with Gasteiger partial charge in [-0.1, -0.05) is 49.2 Å². The van der Waals surface area contributed by atoms with Gasteiger partial charge in [-0.15, -0.1) is 0 Å². The average Bonchev–Trinajstić information content (AvgIpc) is 3.25. The SMILES string of the molecule is O=C(N[C@H]1CCCC[C@@H]1OCc1ccccc1)C1CC(c2ccccn2)NN1. The number of hydrogen-bond acceptors (Lipinski definition) is 5. The molecule has 1 aliphatic heterocycles. The molecule has 0 radical (unpaired) electrons. The van der Waals surface area contributed by atoms with Crippen molar-refractivity contribution in [1.82, 2.24) is 21.2 Å². The van der Waals surface area contributed by atoms with Crippen LogP contribution in [0.5, 0.6) is 0 Å². The van der Waals surface area contributed by atoms with E-state index >= 15 is 0 Å². The van der Waals surface area contributed by atoms with Crippen molar-refractivity contribution in [1.29, 1.82) is 0 Å². The highest BCUT2D eigenvalue weighted by molar-refractivity contribution is 5.82. The summed E-state index contributed by atoms with van der Waals surface area (Å²) in [6.45, 7) is 0.586. The predicted molar refractivity (Wildman–Crippen MR) is 107 cm³/mol. The lowest BCUT2D eigenvalue weighted by Gasteiger charge is -2.32. The van der Waals surface area contributed by atoms with Gasteiger partial charge in [0.1, 0.15) is 6.04 Å². The standard InChI is InChI=1S/C22H28N4O2/c27-22(20-14-19(25-26-20)17-10-6-7-13-23-17)24-18-11-4-5-12-21(18)28-15-16-8-2-1-3-9-16/h1-3,6-10,13,18-21,25-26H,4-5,11-12,14-15H2,(H,24,27)/t18-,19?,20?,21-/m0/s1. The maximum Gasteiger partial charge on any atom is 0.238 e. The molecule has 4 rings (SSSR count). The van der Waals surface area contributed by atoms with E-state index in [9.17, 15) is 4.79 Å². The number of hydrazine groups is 1. The van der Waals surface area contributed by atoms with Gasteiger partial charge in [0.2, 0.25) is 5.91 Å². The van der Waals surface area contributed by atoms with Crippen molar-refractivity contribution in [3.05, 3.63) is 66.0 Å². The monoisotopic (exact) mass is 380 g/mol. The molecule has 1 saturated carbocycles. The van der Waals surface area contributed by atoms with Gasteiger partial charge in [-0.05, 0) is 37.0 Å². The van der Waals surface area contributed by atoms with Crippen molar-refractivity contribution < 1.29 is 9.53 Å². The van der Waals surface area contributed by atoms with Crippen LogP contribution >= 0.6 is 0 Å². The molecule has 1 aromatic heterocycles. The number of amides is 1. The lowest BCUT2D eigenvalue weighted by atomic mass is 9.92. The molecular formula is C22H28N4O2. The van der Waals surface area contributed by atoms with Gasteiger partial charge in [0.05, 0.1) is 30.5 Å². The summed E-state index contributed by atoms with van der Waals surface area (Å²) in [6.07, 6.45) is 6.77. The Morgan fingerprint density at radius 3 is 2.71 bits per heavy atom. The van der Waals surface area contributed by atoms with Gasteiger partial charge in [0.15, 0.2) is 0 Å². The Hall–Kier alpha value is -2.28. The molecule has 1 saturated heterocycles. The fourth-order valence-electron chi connectivity index (χ4n) is 4.03. The zero-order valence-electron chi connectivity index (χ0n) is 16.0. The van der Waals surface area contributed by atoms with E-state index in [0.29, 0.717) is 13.0 Å². The average molecular weight is 380 g/mol. The van der Waals surface area contributed by atoms with Crippen LogP contribution < -0.4 is 16.2 Å². The lowest BCUT2D eigenvalue weighted by molar-refractivity contribution is -0.125. The van der Waals surface area contributed by atoms with Crippen LogP contribution in [0.4, 0.5) is 0 Å². The van der Waals surface area contributed by atoms with Crippen LogP contribution in [0, 0.1) is 0 Å². The third-order valence-corrected chi connectivity index (χ3v) is 5.60. The van der Waals surface area contributed by atoms with Gasteiger partial charge in [-0.3, -0.25) is 9.78 Å². The van der Waals surface area contributed by atoms with E-state index in [4.69, 9.17) is 4.74 Å². The van der Waals surface area contributed by atoms with E-state index in [2.05, 4.69) is 33.3 Å². The van der Waals surface area contributed by atoms with Crippen LogP contribution in [-0.4, -0.2) is 29.1 Å². The molecule has 28 heavy (non-hydrogen) atoms. The molecule has 1 aliphatic carbocycles. The summed E-state index contributed by atoms with van der Waals surface area (Å²) in [4.78, 5) is 17.2. The molecule has 2 fully saturated rings. The van der Waals surface area contributed by atoms with E-state index in [-0.39, 0.29) is 30.1 Å². The van der Waals surface area contributed by atoms with Gasteiger partial charge in [0.25, 0.3) is 0 Å². The van der Waals surface area contributed by atoms with Gasteiger partial charge < -0.3 is 10.1 Å². The predicted octanol–water partition coefficient (Wildman–Crippen LogP) is 2.63. The van der Waals surface area contributed by atoms with E-state index in [1.807, 2.05) is 36.4 Å². The summed E-state index contributed by atoms with van der Waals surface area (Å²) >= 11 is 0. The summed E-state index contributed by atoms with van der Waals surface area (Å²) in [5.41, 5.74) is 8.43. The number of nitrogens with one attached hydrogen (secondary N) is 3. The number of pyridine rings is 1. The minimum atomic E-state index is -0.260. The lowest BCUT2D eigenvalue weighted by Crippen LogP contribution is -2.52. The van der Waals surface area contributed by atoms with Crippen molar-refractivity contribution in [2.45, 2.75) is 62.9 Å². The molecule has 4 atom stereocenters. The molecule has 2 aliphatic rings. The van der Waals surface area contributed by atoms with Crippen LogP contribution in [0.3, 0.4) is 0 Å². The van der Waals surface area contributed by atoms with Crippen LogP contribution in [0.15, 0.2) is 54.7 Å². The topological polar surface area (TPSA) is 75.3 Å². The number of rotatable bonds is 6. The molecular weight excluding hydrogens is 352 g/mol. The number of aromatic nitrogens is 1. The number of nitrogens with zero attached hydrogens (tertiary/aromatic N) is 1. The molecule has 2 unspecified atom stereocenters. The Bertz CT molecular complexity index is 756. The molecule has 1 amide bonds. The van der Waals surface area contributed by atoms with Crippen LogP contribution in [-0.2, 0) is 16.1 Å². The third kappa shape index (κ3) is 4.76. The highest BCUT2D eigenvalue weighted by atomic mass is 16.5. The number of hydrogen-bond donors (Lipinski definition) is 3. The van der Waals surface area contributed by atoms with Crippen molar-refractivity contribution in [2.24, 2.45) is 0 Å². The number of carbonyl (C=O) groups excluding carboxylic acids is 1. The maximum absolute atomic E-state index is 12.8. The van der Waals surface area contributed by atoms with E-state index < -0.39 is 0 Å². The zero-order valence-corrected chi connectivity index (χ0v) is 16.0. The van der Waals surface area contributed by atoms with Crippen LogP contribution in [0.2, 0.25) is 0 Å². The van der Waals surface area contributed by atoms with E-state index in [1.54, 1.807) is 6.20 Å². The molecule has 3 N–H and O–H groups in total. The second kappa shape index (κ2) is 9.28. The second-order valence-corrected chi connectivity index (χ2v) is 7.62. The van der Waals surface area contributed by atoms with Crippen LogP contribution in [0.25, 0.3) is 0 Å². The van der Waals surface area contributed by atoms with Gasteiger partial charge in [-0.2, -0.15) is 0 Å². The van der Waals surface area contributed by atoms with E-state index in [0.717, 1.165) is 36.9 Å². The number of benzene rings is 1. The molecule has 148 valence electrons. The zero-order chi connectivity index (χ0) is 19.2. The first kappa shape index (κ1) is 19.1. The second-order valence-electron chi connectivity index (χ2n) is 7.62. The molecule has 2 heterocycles. The first-order chi connectivity index (χ1) is 13.8. The van der Waals surface area contributed by atoms with E-state index in [1.165, 1.54) is 0 Å². The van der Waals surface area contributed by atoms with Gasteiger partial charge in [0, 0.05) is 6.20 Å². The smallest absolute Gasteiger partial charge is 0.238 e. The Kier molecular flexibility index (Phi) is 6.31. The molecule has 0 bridgehead atoms. The van der Waals surface area contributed by atoms with Crippen LogP contribution in [0.1, 0.15) is 49.4 Å². The summed E-state index contributed by atoms with van der Waals surface area (Å²) in [7, 11) is 0. The van der Waals surface area contributed by atoms with Gasteiger partial charge in [-0.25, -0.2) is 10.9 Å². The normalized spacial score (nSPS) is 27.4. The molecule has 6 nitrogen and oxygen atoms in total. The van der Waals surface area contributed by atoms with Crippen molar-refractivity contribution in [3.8, 4) is 0 Å². The first-order valence-electron chi connectivity index (χ1n) is 10.2. The Labute approximate surface area is 166 Å². The third-order valence-electron chi connectivity index (χ3n) is 5.60. The number of ether oxygens (including phenoxy) is 1. The van der Waals surface area contributed by atoms with Crippen molar-refractivity contribution in [3.63, 3.8) is 0 Å². The number of carbonyl (C=O) groups is 1. The minimum absolute atomic E-state index is 0.0335. The highest BCUT2D eigenvalue weighted by Gasteiger charge is 2.34. The Morgan fingerprint density at radius 2 is 1.89 bits per heavy atom. The molecule has 1 aromatic carbocycles. The summed E-state index contributed by atoms with van der Waals surface area (Å²) in [6, 6.07) is 15.9. The molecule has 0 spiro atoms. The minimum Gasteiger partial charge on any atom is -0.371 e. The summed E-state index contributed by atoms with van der Waals surface area (Å²) in [5.74, 6) is 0.0335. The Morgan fingerprint density at radius 1 is 1.07 bits per heavy atom. The fourth-order valence-corrected chi connectivity index (χ4v) is 4.03. The Balaban J connectivity index is 1.31. The summed E-state index contributed by atoms with van der Waals surface area (Å²) < 4.78 is 6.17. The molecule has 6 heteroatoms. The summed E-state index contributed by atoms with van der Waals surface area (Å²) in [5, 5.41) is 3.23. The van der Waals surface area contributed by atoms with Crippen molar-refractivity contribution >= 4 is 5.91 Å².